The fourth-order valence-electron chi connectivity index (χ4n) is 6.69. The van der Waals surface area contributed by atoms with Crippen molar-refractivity contribution in [3.8, 4) is 11.4 Å². The van der Waals surface area contributed by atoms with E-state index in [4.69, 9.17) is 0 Å². The van der Waals surface area contributed by atoms with E-state index in [0.29, 0.717) is 0 Å². The van der Waals surface area contributed by atoms with Crippen molar-refractivity contribution in [3.05, 3.63) is 133 Å². The van der Waals surface area contributed by atoms with Gasteiger partial charge in [0, 0.05) is 53.1 Å². The van der Waals surface area contributed by atoms with E-state index in [0.717, 1.165) is 0 Å². The predicted molar refractivity (Wildman–Crippen MR) is 173 cm³/mol. The Bertz CT molecular complexity index is 2340. The third kappa shape index (κ3) is 2.93. The maximum absolute atomic E-state index is 2.43. The van der Waals surface area contributed by atoms with Gasteiger partial charge in [-0.15, -0.1) is 11.3 Å². The Hall–Kier alpha value is -4.86. The van der Waals surface area contributed by atoms with Gasteiger partial charge in [0.25, 0.3) is 0 Å². The zero-order valence-corrected chi connectivity index (χ0v) is 22.7. The van der Waals surface area contributed by atoms with Crippen LogP contribution >= 0.6 is 11.3 Å². The minimum Gasteiger partial charge on any atom is -0.309 e. The fourth-order valence-corrected chi connectivity index (χ4v) is 7.82. The molecule has 40 heavy (non-hydrogen) atoms. The van der Waals surface area contributed by atoms with Crippen LogP contribution in [-0.2, 0) is 0 Å². The van der Waals surface area contributed by atoms with Gasteiger partial charge in [-0.25, -0.2) is 0 Å². The second-order valence-electron chi connectivity index (χ2n) is 10.7. The second-order valence-corrected chi connectivity index (χ2v) is 11.7. The van der Waals surface area contributed by atoms with Gasteiger partial charge in [-0.2, -0.15) is 0 Å². The molecule has 0 aliphatic heterocycles. The highest BCUT2D eigenvalue weighted by Gasteiger charge is 2.17. The van der Waals surface area contributed by atoms with Crippen LogP contribution in [0.15, 0.2) is 127 Å². The first-order valence-corrected chi connectivity index (χ1v) is 14.5. The summed E-state index contributed by atoms with van der Waals surface area (Å²) in [6.07, 6.45) is 0. The van der Waals surface area contributed by atoms with Crippen molar-refractivity contribution in [2.24, 2.45) is 0 Å². The Morgan fingerprint density at radius 2 is 0.875 bits per heavy atom. The molecule has 3 heteroatoms. The van der Waals surface area contributed by atoms with E-state index >= 15 is 0 Å². The molecule has 188 valence electrons. The monoisotopic (exact) mass is 528 g/mol. The molecule has 0 atom stereocenters. The molecular formula is C37H24N2S. The fraction of sp³-hybridized carbons (Fsp3) is 0.0270. The summed E-state index contributed by atoms with van der Waals surface area (Å²) in [5.41, 5.74) is 8.69. The first-order valence-electron chi connectivity index (χ1n) is 13.7. The van der Waals surface area contributed by atoms with Gasteiger partial charge in [0.2, 0.25) is 0 Å². The highest BCUT2D eigenvalue weighted by atomic mass is 32.1. The van der Waals surface area contributed by atoms with Crippen molar-refractivity contribution >= 4 is 75.1 Å². The number of thiophene rings is 1. The summed E-state index contributed by atoms with van der Waals surface area (Å²) in [4.78, 5) is 0. The van der Waals surface area contributed by atoms with Crippen LogP contribution in [0.25, 0.3) is 75.2 Å². The number of fused-ring (bicyclic) bond motifs is 9. The Morgan fingerprint density at radius 3 is 1.40 bits per heavy atom. The van der Waals surface area contributed by atoms with E-state index in [2.05, 4.69) is 143 Å². The van der Waals surface area contributed by atoms with E-state index in [1.165, 1.54) is 80.7 Å². The summed E-state index contributed by atoms with van der Waals surface area (Å²) < 4.78 is 7.52. The number of para-hydroxylation sites is 4. The highest BCUT2D eigenvalue weighted by molar-refractivity contribution is 7.26. The first-order chi connectivity index (χ1) is 19.8. The smallest absolute Gasteiger partial charge is 0.0541 e. The van der Waals surface area contributed by atoms with Gasteiger partial charge in [0.05, 0.1) is 22.1 Å². The summed E-state index contributed by atoms with van der Waals surface area (Å²) in [5, 5.41) is 7.79. The number of aryl methyl sites for hydroxylation is 1. The van der Waals surface area contributed by atoms with Crippen molar-refractivity contribution in [1.29, 1.82) is 0 Å². The van der Waals surface area contributed by atoms with Crippen LogP contribution in [0.2, 0.25) is 0 Å². The summed E-state index contributed by atoms with van der Waals surface area (Å²) in [5.74, 6) is 0. The van der Waals surface area contributed by atoms with E-state index < -0.39 is 0 Å². The van der Waals surface area contributed by atoms with E-state index in [1.807, 2.05) is 11.3 Å². The number of rotatable bonds is 2. The van der Waals surface area contributed by atoms with Gasteiger partial charge in [-0.1, -0.05) is 72.8 Å². The molecule has 0 bridgehead atoms. The zero-order valence-electron chi connectivity index (χ0n) is 21.9. The molecule has 0 unspecified atom stereocenters. The molecule has 0 fully saturated rings. The van der Waals surface area contributed by atoms with Crippen LogP contribution in [0, 0.1) is 6.92 Å². The zero-order chi connectivity index (χ0) is 26.4. The first kappa shape index (κ1) is 22.0. The Balaban J connectivity index is 1.35. The van der Waals surface area contributed by atoms with Crippen LogP contribution in [0.1, 0.15) is 5.56 Å². The molecule has 2 nitrogen and oxygen atoms in total. The van der Waals surface area contributed by atoms with Crippen LogP contribution in [0.4, 0.5) is 0 Å². The number of hydrogen-bond donors (Lipinski definition) is 0. The van der Waals surface area contributed by atoms with E-state index in [1.54, 1.807) is 0 Å². The average molecular weight is 529 g/mol. The van der Waals surface area contributed by atoms with Gasteiger partial charge < -0.3 is 9.13 Å². The Kier molecular flexibility index (Phi) is 4.44. The topological polar surface area (TPSA) is 9.86 Å². The molecule has 0 spiro atoms. The predicted octanol–water partition coefficient (Wildman–Crippen LogP) is 10.6. The van der Waals surface area contributed by atoms with Crippen molar-refractivity contribution in [2.75, 3.05) is 0 Å². The molecule has 0 aliphatic carbocycles. The lowest BCUT2D eigenvalue weighted by Gasteiger charge is -2.11. The van der Waals surface area contributed by atoms with Gasteiger partial charge in [0.1, 0.15) is 0 Å². The molecule has 3 heterocycles. The normalized spacial score (nSPS) is 12.1. The molecule has 0 saturated heterocycles. The molecule has 3 aromatic heterocycles. The SMILES string of the molecule is Cc1cc(-n2c3ccccc3c3ccccc32)cc2c1sc1ccc(-n3c4ccccc4c4ccccc43)cc12. The van der Waals surface area contributed by atoms with Crippen LogP contribution in [0.5, 0.6) is 0 Å². The quantitative estimate of drug-likeness (QED) is 0.211. The number of hydrogen-bond acceptors (Lipinski definition) is 1. The van der Waals surface area contributed by atoms with Gasteiger partial charge >= 0.3 is 0 Å². The van der Waals surface area contributed by atoms with Crippen molar-refractivity contribution in [3.63, 3.8) is 0 Å². The molecule has 9 aromatic rings. The van der Waals surface area contributed by atoms with Crippen LogP contribution in [0.3, 0.4) is 0 Å². The Morgan fingerprint density at radius 1 is 0.425 bits per heavy atom. The van der Waals surface area contributed by atoms with Crippen LogP contribution < -0.4 is 0 Å². The minimum absolute atomic E-state index is 1.20. The minimum atomic E-state index is 1.20. The lowest BCUT2D eigenvalue weighted by Crippen LogP contribution is -1.95. The standard InChI is InChI=1S/C37H24N2S/c1-23-20-25(39-34-16-8-4-12-28(34)29-13-5-9-17-35(29)39)22-31-30-21-24(18-19-36(30)40-37(23)31)38-32-14-6-2-10-26(32)27-11-3-7-15-33(27)38/h2-22H,1H3. The molecular weight excluding hydrogens is 504 g/mol. The molecule has 0 saturated carbocycles. The molecule has 6 aromatic carbocycles. The van der Waals surface area contributed by atoms with Gasteiger partial charge in [-0.05, 0) is 67.1 Å². The number of nitrogens with zero attached hydrogens (tertiary/aromatic N) is 2. The third-order valence-electron chi connectivity index (χ3n) is 8.40. The van der Waals surface area contributed by atoms with Gasteiger partial charge in [-0.3, -0.25) is 0 Å². The highest BCUT2D eigenvalue weighted by Crippen LogP contribution is 2.41. The summed E-state index contributed by atoms with van der Waals surface area (Å²) >= 11 is 1.90. The van der Waals surface area contributed by atoms with Crippen molar-refractivity contribution in [2.45, 2.75) is 6.92 Å². The largest absolute Gasteiger partial charge is 0.309 e. The lowest BCUT2D eigenvalue weighted by atomic mass is 10.1. The molecule has 0 radical (unpaired) electrons. The summed E-state index contributed by atoms with van der Waals surface area (Å²) in [6, 6.07) is 46.7. The second kappa shape index (κ2) is 8.08. The molecule has 9 rings (SSSR count). The third-order valence-corrected chi connectivity index (χ3v) is 9.72. The van der Waals surface area contributed by atoms with Crippen molar-refractivity contribution < 1.29 is 0 Å². The lowest BCUT2D eigenvalue weighted by molar-refractivity contribution is 1.18. The number of benzene rings is 6. The molecule has 0 aliphatic rings. The maximum Gasteiger partial charge on any atom is 0.0541 e. The van der Waals surface area contributed by atoms with E-state index in [-0.39, 0.29) is 0 Å². The molecule has 0 N–H and O–H groups in total. The van der Waals surface area contributed by atoms with E-state index in [9.17, 15) is 0 Å². The van der Waals surface area contributed by atoms with Gasteiger partial charge in [0.15, 0.2) is 0 Å². The van der Waals surface area contributed by atoms with Crippen molar-refractivity contribution in [1.82, 2.24) is 9.13 Å². The Labute approximate surface area is 234 Å². The number of aromatic nitrogens is 2. The summed E-state index contributed by atoms with van der Waals surface area (Å²) in [7, 11) is 0. The van der Waals surface area contributed by atoms with Crippen LogP contribution in [-0.4, -0.2) is 9.13 Å². The average Bonchev–Trinajstić information content (AvgIpc) is 3.65. The maximum atomic E-state index is 2.43. The molecule has 0 amide bonds. The summed E-state index contributed by atoms with van der Waals surface area (Å²) in [6.45, 7) is 2.25.